The summed E-state index contributed by atoms with van der Waals surface area (Å²) in [5, 5.41) is 17.2. The molecular formula is C18H20N6O3S. The first-order valence-electron chi connectivity index (χ1n) is 9.04. The monoisotopic (exact) mass is 400 g/mol. The van der Waals surface area contributed by atoms with E-state index in [-0.39, 0.29) is 17.9 Å². The fourth-order valence-corrected chi connectivity index (χ4v) is 4.38. The number of urea groups is 2. The van der Waals surface area contributed by atoms with E-state index in [4.69, 9.17) is 0 Å². The molecule has 3 heterocycles. The van der Waals surface area contributed by atoms with Crippen LogP contribution < -0.4 is 16.0 Å². The van der Waals surface area contributed by atoms with Gasteiger partial charge in [-0.25, -0.2) is 9.59 Å². The number of imide groups is 1. The third-order valence-corrected chi connectivity index (χ3v) is 6.22. The van der Waals surface area contributed by atoms with Crippen molar-refractivity contribution in [2.45, 2.75) is 25.3 Å². The minimum atomic E-state index is -0.913. The molecule has 0 bridgehead atoms. The summed E-state index contributed by atoms with van der Waals surface area (Å²) in [4.78, 5) is 37.8. The van der Waals surface area contributed by atoms with Crippen molar-refractivity contribution >= 4 is 34.4 Å². The minimum Gasteiger partial charge on any atom is -0.324 e. The Hall–Kier alpha value is -3.01. The number of hydrogen-bond acceptors (Lipinski definition) is 6. The van der Waals surface area contributed by atoms with Gasteiger partial charge in [-0.3, -0.25) is 15.4 Å². The van der Waals surface area contributed by atoms with Crippen LogP contribution in [0.1, 0.15) is 19.8 Å². The van der Waals surface area contributed by atoms with Crippen molar-refractivity contribution in [3.05, 3.63) is 30.3 Å². The molecule has 9 nitrogen and oxygen atoms in total. The molecule has 4 rings (SSSR count). The number of carbonyl (C=O) groups excluding carboxylic acids is 3. The van der Waals surface area contributed by atoms with Gasteiger partial charge in [-0.2, -0.15) is 0 Å². The van der Waals surface area contributed by atoms with Gasteiger partial charge in [-0.1, -0.05) is 41.7 Å². The van der Waals surface area contributed by atoms with Gasteiger partial charge in [0.15, 0.2) is 0 Å². The van der Waals surface area contributed by atoms with Crippen molar-refractivity contribution in [2.75, 3.05) is 18.4 Å². The molecule has 0 spiro atoms. The Morgan fingerprint density at radius 2 is 1.93 bits per heavy atom. The van der Waals surface area contributed by atoms with Gasteiger partial charge in [0.05, 0.1) is 0 Å². The van der Waals surface area contributed by atoms with Gasteiger partial charge in [0.25, 0.3) is 5.91 Å². The molecule has 3 N–H and O–H groups in total. The van der Waals surface area contributed by atoms with Gasteiger partial charge in [0, 0.05) is 18.7 Å². The van der Waals surface area contributed by atoms with E-state index in [1.807, 2.05) is 30.3 Å². The van der Waals surface area contributed by atoms with Gasteiger partial charge < -0.3 is 10.2 Å². The zero-order chi connectivity index (χ0) is 19.7. The first-order chi connectivity index (χ1) is 13.5. The largest absolute Gasteiger partial charge is 0.324 e. The van der Waals surface area contributed by atoms with E-state index < -0.39 is 11.6 Å². The second-order valence-corrected chi connectivity index (χ2v) is 8.06. The number of benzene rings is 1. The van der Waals surface area contributed by atoms with Crippen LogP contribution in [0, 0.1) is 5.92 Å². The summed E-state index contributed by atoms with van der Waals surface area (Å²) < 4.78 is 0. The number of nitrogens with one attached hydrogen (secondary N) is 3. The molecule has 10 heteroatoms. The van der Waals surface area contributed by atoms with E-state index in [0.717, 1.165) is 10.6 Å². The van der Waals surface area contributed by atoms with E-state index in [1.165, 1.54) is 11.3 Å². The highest BCUT2D eigenvalue weighted by Crippen LogP contribution is 2.31. The molecule has 1 atom stereocenters. The number of nitrogens with zero attached hydrogens (tertiary/aromatic N) is 3. The Morgan fingerprint density at radius 1 is 1.21 bits per heavy atom. The van der Waals surface area contributed by atoms with Crippen molar-refractivity contribution in [1.29, 1.82) is 0 Å². The molecule has 0 radical (unpaired) electrons. The molecule has 1 aromatic heterocycles. The van der Waals surface area contributed by atoms with Crippen molar-refractivity contribution in [2.24, 2.45) is 5.92 Å². The molecule has 28 heavy (non-hydrogen) atoms. The quantitative estimate of drug-likeness (QED) is 0.682. The lowest BCUT2D eigenvalue weighted by molar-refractivity contribution is -0.125. The number of anilines is 1. The number of hydrogen-bond donors (Lipinski definition) is 3. The maximum Gasteiger partial charge on any atom is 0.323 e. The Balaban J connectivity index is 1.34. The number of carbonyl (C=O) groups is 3. The highest BCUT2D eigenvalue weighted by atomic mass is 32.1. The third kappa shape index (κ3) is 3.42. The zero-order valence-electron chi connectivity index (χ0n) is 15.3. The van der Waals surface area contributed by atoms with Crippen LogP contribution in [0.25, 0.3) is 10.6 Å². The van der Waals surface area contributed by atoms with Gasteiger partial charge in [0.1, 0.15) is 10.5 Å². The molecule has 1 aromatic carbocycles. The van der Waals surface area contributed by atoms with Gasteiger partial charge in [0.2, 0.25) is 5.13 Å². The predicted octanol–water partition coefficient (Wildman–Crippen LogP) is 2.05. The van der Waals surface area contributed by atoms with Crippen LogP contribution in [-0.2, 0) is 4.79 Å². The standard InChI is InChI=1S/C18H20N6O3S/c1-18(14(25)19-15(26)21-18)12-7-9-24(10-8-12)17(27)20-16-23-22-13(28-16)11-5-3-2-4-6-11/h2-6,12H,7-10H2,1H3,(H,20,23,27)(H2,19,21,25,26)/t18-/m1/s1. The number of rotatable bonds is 3. The minimum absolute atomic E-state index is 0.0192. The molecule has 2 aliphatic heterocycles. The number of aromatic nitrogens is 2. The van der Waals surface area contributed by atoms with E-state index in [2.05, 4.69) is 26.1 Å². The van der Waals surface area contributed by atoms with Gasteiger partial charge in [-0.15, -0.1) is 10.2 Å². The summed E-state index contributed by atoms with van der Waals surface area (Å²) in [5.41, 5.74) is 0.0372. The highest BCUT2D eigenvalue weighted by molar-refractivity contribution is 7.18. The molecule has 2 fully saturated rings. The van der Waals surface area contributed by atoms with Crippen LogP contribution in [0.5, 0.6) is 0 Å². The molecule has 146 valence electrons. The van der Waals surface area contributed by atoms with Crippen LogP contribution in [0.3, 0.4) is 0 Å². The highest BCUT2D eigenvalue weighted by Gasteiger charge is 2.48. The Morgan fingerprint density at radius 3 is 2.57 bits per heavy atom. The topological polar surface area (TPSA) is 116 Å². The van der Waals surface area contributed by atoms with E-state index in [9.17, 15) is 14.4 Å². The summed E-state index contributed by atoms with van der Waals surface area (Å²) in [5.74, 6) is -0.322. The van der Waals surface area contributed by atoms with Crippen LogP contribution in [-0.4, -0.2) is 51.7 Å². The predicted molar refractivity (Wildman–Crippen MR) is 104 cm³/mol. The molecule has 0 saturated carbocycles. The number of likely N-dealkylation sites (tertiary alicyclic amines) is 1. The average Bonchev–Trinajstić information content (AvgIpc) is 3.27. The van der Waals surface area contributed by atoms with E-state index >= 15 is 0 Å². The lowest BCUT2D eigenvalue weighted by Gasteiger charge is -2.38. The number of amides is 5. The number of piperidine rings is 1. The maximum atomic E-state index is 12.5. The Labute approximate surface area is 165 Å². The van der Waals surface area contributed by atoms with Crippen molar-refractivity contribution in [3.63, 3.8) is 0 Å². The normalized spacial score (nSPS) is 22.7. The summed E-state index contributed by atoms with van der Waals surface area (Å²) in [6.45, 7) is 2.74. The Kier molecular flexibility index (Phi) is 4.71. The smallest absolute Gasteiger partial charge is 0.323 e. The maximum absolute atomic E-state index is 12.5. The zero-order valence-corrected chi connectivity index (χ0v) is 16.1. The molecule has 2 aliphatic rings. The first kappa shape index (κ1) is 18.4. The van der Waals surface area contributed by atoms with E-state index in [1.54, 1.807) is 11.8 Å². The summed E-state index contributed by atoms with van der Waals surface area (Å²) in [6, 6.07) is 8.96. The molecule has 5 amide bonds. The summed E-state index contributed by atoms with van der Waals surface area (Å²) in [6.07, 6.45) is 1.26. The summed E-state index contributed by atoms with van der Waals surface area (Å²) >= 11 is 1.32. The Bertz CT molecular complexity index is 909. The second-order valence-electron chi connectivity index (χ2n) is 7.08. The van der Waals surface area contributed by atoms with Crippen molar-refractivity contribution in [1.82, 2.24) is 25.7 Å². The van der Waals surface area contributed by atoms with E-state index in [0.29, 0.717) is 31.1 Å². The SMILES string of the molecule is C[C@]1(C2CCN(C(=O)Nc3nnc(-c4ccccc4)s3)CC2)NC(=O)NC1=O. The lowest BCUT2D eigenvalue weighted by atomic mass is 9.79. The first-order valence-corrected chi connectivity index (χ1v) is 9.86. The van der Waals surface area contributed by atoms with Gasteiger partial charge in [-0.05, 0) is 25.7 Å². The molecule has 2 aromatic rings. The van der Waals surface area contributed by atoms with Crippen LogP contribution in [0.4, 0.5) is 14.7 Å². The molecule has 0 aliphatic carbocycles. The fourth-order valence-electron chi connectivity index (χ4n) is 3.65. The fraction of sp³-hybridized carbons (Fsp3) is 0.389. The van der Waals surface area contributed by atoms with Crippen LogP contribution in [0.15, 0.2) is 30.3 Å². The third-order valence-electron chi connectivity index (χ3n) is 5.33. The molecule has 2 saturated heterocycles. The molecular weight excluding hydrogens is 380 g/mol. The molecule has 0 unspecified atom stereocenters. The van der Waals surface area contributed by atoms with Crippen LogP contribution >= 0.6 is 11.3 Å². The lowest BCUT2D eigenvalue weighted by Crippen LogP contribution is -2.54. The van der Waals surface area contributed by atoms with Crippen molar-refractivity contribution < 1.29 is 14.4 Å². The van der Waals surface area contributed by atoms with Crippen molar-refractivity contribution in [3.8, 4) is 10.6 Å². The average molecular weight is 400 g/mol. The summed E-state index contributed by atoms with van der Waals surface area (Å²) in [7, 11) is 0. The second kappa shape index (κ2) is 7.19. The van der Waals surface area contributed by atoms with Gasteiger partial charge >= 0.3 is 12.1 Å². The van der Waals surface area contributed by atoms with Crippen LogP contribution in [0.2, 0.25) is 0 Å².